The zero-order valence-corrected chi connectivity index (χ0v) is 11.6. The molecular weight excluding hydrogens is 261 g/mol. The van der Waals surface area contributed by atoms with E-state index in [1.165, 1.54) is 6.07 Å². The largest absolute Gasteiger partial charge is 0.508 e. The second-order valence-corrected chi connectivity index (χ2v) is 5.06. The summed E-state index contributed by atoms with van der Waals surface area (Å²) in [6.07, 6.45) is 3.41. The van der Waals surface area contributed by atoms with E-state index < -0.39 is 5.82 Å². The van der Waals surface area contributed by atoms with Gasteiger partial charge in [-0.25, -0.2) is 4.39 Å². The molecule has 2 N–H and O–H groups in total. The van der Waals surface area contributed by atoms with E-state index in [1.54, 1.807) is 6.07 Å². The van der Waals surface area contributed by atoms with Gasteiger partial charge in [-0.2, -0.15) is 0 Å². The van der Waals surface area contributed by atoms with Gasteiger partial charge < -0.3 is 19.9 Å². The zero-order chi connectivity index (χ0) is 14.2. The van der Waals surface area contributed by atoms with Crippen molar-refractivity contribution in [1.29, 1.82) is 0 Å². The molecule has 0 aliphatic carbocycles. The topological polar surface area (TPSA) is 50.7 Å². The van der Waals surface area contributed by atoms with E-state index >= 15 is 0 Å². The average Bonchev–Trinajstić information content (AvgIpc) is 2.89. The van der Waals surface area contributed by atoms with E-state index in [9.17, 15) is 9.50 Å². The van der Waals surface area contributed by atoms with Crippen molar-refractivity contribution in [2.75, 3.05) is 26.4 Å². The molecule has 0 saturated carbocycles. The van der Waals surface area contributed by atoms with Crippen LogP contribution in [0.3, 0.4) is 0 Å². The molecule has 1 heterocycles. The van der Waals surface area contributed by atoms with E-state index in [1.807, 2.05) is 0 Å². The minimum absolute atomic E-state index is 0.0401. The van der Waals surface area contributed by atoms with Gasteiger partial charge in [0.15, 0.2) is 0 Å². The lowest BCUT2D eigenvalue weighted by Crippen LogP contribution is -2.19. The molecule has 1 aliphatic heterocycles. The van der Waals surface area contributed by atoms with Crippen LogP contribution in [0.15, 0.2) is 18.2 Å². The third-order valence-electron chi connectivity index (χ3n) is 3.24. The molecule has 0 radical (unpaired) electrons. The fraction of sp³-hybridized carbons (Fsp3) is 0.600. The van der Waals surface area contributed by atoms with Crippen LogP contribution in [-0.2, 0) is 16.0 Å². The molecule has 1 atom stereocenters. The van der Waals surface area contributed by atoms with Gasteiger partial charge in [-0.05, 0) is 43.5 Å². The van der Waals surface area contributed by atoms with Crippen molar-refractivity contribution >= 4 is 0 Å². The highest BCUT2D eigenvalue weighted by molar-refractivity contribution is 5.28. The van der Waals surface area contributed by atoms with Crippen molar-refractivity contribution in [2.24, 2.45) is 0 Å². The minimum Gasteiger partial charge on any atom is -0.508 e. The molecule has 0 bridgehead atoms. The summed E-state index contributed by atoms with van der Waals surface area (Å²) in [4.78, 5) is 0. The molecule has 20 heavy (non-hydrogen) atoms. The Balaban J connectivity index is 1.50. The number of rotatable bonds is 8. The Hall–Kier alpha value is -1.17. The monoisotopic (exact) mass is 283 g/mol. The van der Waals surface area contributed by atoms with Gasteiger partial charge in [0.2, 0.25) is 0 Å². The summed E-state index contributed by atoms with van der Waals surface area (Å²) in [5.74, 6) is -0.455. The smallest absolute Gasteiger partial charge is 0.127 e. The number of nitrogens with one attached hydrogen (secondary N) is 1. The molecule has 4 nitrogen and oxygen atoms in total. The van der Waals surface area contributed by atoms with Gasteiger partial charge >= 0.3 is 0 Å². The van der Waals surface area contributed by atoms with E-state index in [-0.39, 0.29) is 11.9 Å². The maximum atomic E-state index is 13.0. The first-order chi connectivity index (χ1) is 9.74. The lowest BCUT2D eigenvalue weighted by Gasteiger charge is -2.10. The first-order valence-corrected chi connectivity index (χ1v) is 7.12. The SMILES string of the molecule is Oc1cc(F)cc(CNCCCOCC2CCCO2)c1. The Morgan fingerprint density at radius 3 is 3.05 bits per heavy atom. The van der Waals surface area contributed by atoms with Crippen molar-refractivity contribution < 1.29 is 19.0 Å². The van der Waals surface area contributed by atoms with Gasteiger partial charge in [-0.15, -0.1) is 0 Å². The summed E-state index contributed by atoms with van der Waals surface area (Å²) in [6, 6.07) is 4.08. The lowest BCUT2D eigenvalue weighted by molar-refractivity contribution is 0.0166. The molecule has 0 amide bonds. The summed E-state index contributed by atoms with van der Waals surface area (Å²) in [6.45, 7) is 3.56. The third-order valence-corrected chi connectivity index (χ3v) is 3.24. The Labute approximate surface area is 118 Å². The van der Waals surface area contributed by atoms with Crippen molar-refractivity contribution in [1.82, 2.24) is 5.32 Å². The summed E-state index contributed by atoms with van der Waals surface area (Å²) in [5, 5.41) is 12.5. The summed E-state index contributed by atoms with van der Waals surface area (Å²) >= 11 is 0. The van der Waals surface area contributed by atoms with E-state index in [2.05, 4.69) is 5.32 Å². The number of halogens is 1. The number of hydrogen-bond donors (Lipinski definition) is 2. The van der Waals surface area contributed by atoms with Gasteiger partial charge in [0.25, 0.3) is 0 Å². The second-order valence-electron chi connectivity index (χ2n) is 5.06. The van der Waals surface area contributed by atoms with E-state index in [0.29, 0.717) is 19.8 Å². The molecule has 5 heteroatoms. The maximum Gasteiger partial charge on any atom is 0.127 e. The first kappa shape index (κ1) is 15.2. The lowest BCUT2D eigenvalue weighted by atomic mass is 10.2. The molecule has 1 aliphatic rings. The number of ether oxygens (including phenoxy) is 2. The zero-order valence-electron chi connectivity index (χ0n) is 11.6. The van der Waals surface area contributed by atoms with Crippen LogP contribution >= 0.6 is 0 Å². The normalized spacial score (nSPS) is 18.6. The van der Waals surface area contributed by atoms with Gasteiger partial charge in [0, 0.05) is 25.8 Å². The van der Waals surface area contributed by atoms with Crippen molar-refractivity contribution in [3.8, 4) is 5.75 Å². The molecule has 2 rings (SSSR count). The van der Waals surface area contributed by atoms with Gasteiger partial charge in [0.05, 0.1) is 12.7 Å². The molecule has 1 aromatic rings. The average molecular weight is 283 g/mol. The summed E-state index contributed by atoms with van der Waals surface area (Å²) < 4.78 is 24.0. The van der Waals surface area contributed by atoms with E-state index in [0.717, 1.165) is 44.0 Å². The third kappa shape index (κ3) is 5.45. The predicted molar refractivity (Wildman–Crippen MR) is 74.2 cm³/mol. The fourth-order valence-electron chi connectivity index (χ4n) is 2.26. The molecule has 112 valence electrons. The van der Waals surface area contributed by atoms with Crippen LogP contribution in [0.1, 0.15) is 24.8 Å². The molecule has 1 saturated heterocycles. The van der Waals surface area contributed by atoms with Crippen LogP contribution in [0, 0.1) is 5.82 Å². The molecule has 1 aromatic carbocycles. The van der Waals surface area contributed by atoms with Crippen LogP contribution in [0.4, 0.5) is 4.39 Å². The first-order valence-electron chi connectivity index (χ1n) is 7.12. The fourth-order valence-corrected chi connectivity index (χ4v) is 2.26. The molecule has 0 spiro atoms. The van der Waals surface area contributed by atoms with Crippen molar-refractivity contribution in [3.05, 3.63) is 29.6 Å². The number of benzene rings is 1. The summed E-state index contributed by atoms with van der Waals surface area (Å²) in [5.41, 5.74) is 0.739. The van der Waals surface area contributed by atoms with Gasteiger partial charge in [-0.1, -0.05) is 0 Å². The van der Waals surface area contributed by atoms with Crippen LogP contribution in [0.5, 0.6) is 5.75 Å². The molecule has 0 aromatic heterocycles. The Kier molecular flexibility index (Phi) is 6.24. The quantitative estimate of drug-likeness (QED) is 0.718. The van der Waals surface area contributed by atoms with Gasteiger partial charge in [-0.3, -0.25) is 0 Å². The maximum absolute atomic E-state index is 13.0. The van der Waals surface area contributed by atoms with Gasteiger partial charge in [0.1, 0.15) is 11.6 Å². The Bertz CT molecular complexity index is 388. The van der Waals surface area contributed by atoms with Crippen molar-refractivity contribution in [3.63, 3.8) is 0 Å². The number of phenols is 1. The van der Waals surface area contributed by atoms with Crippen LogP contribution in [0.2, 0.25) is 0 Å². The van der Waals surface area contributed by atoms with Crippen LogP contribution in [0.25, 0.3) is 0 Å². The Morgan fingerprint density at radius 2 is 2.30 bits per heavy atom. The molecular formula is C15H22FNO3. The highest BCUT2D eigenvalue weighted by Crippen LogP contribution is 2.14. The number of aromatic hydroxyl groups is 1. The summed E-state index contributed by atoms with van der Waals surface area (Å²) in [7, 11) is 0. The second kappa shape index (κ2) is 8.19. The van der Waals surface area contributed by atoms with Crippen molar-refractivity contribution in [2.45, 2.75) is 31.9 Å². The Morgan fingerprint density at radius 1 is 1.40 bits per heavy atom. The van der Waals surface area contributed by atoms with Crippen LogP contribution < -0.4 is 5.32 Å². The minimum atomic E-state index is -0.415. The predicted octanol–water partition coefficient (Wildman–Crippen LogP) is 2.21. The molecule has 1 fully saturated rings. The van der Waals surface area contributed by atoms with Crippen LogP contribution in [-0.4, -0.2) is 37.6 Å². The number of hydrogen-bond acceptors (Lipinski definition) is 4. The highest BCUT2D eigenvalue weighted by Gasteiger charge is 2.14. The molecule has 1 unspecified atom stereocenters. The standard InChI is InChI=1S/C15H22FNO3/c16-13-7-12(8-14(18)9-13)10-17-4-2-5-19-11-15-3-1-6-20-15/h7-9,15,17-18H,1-6,10-11H2. The number of phenolic OH excluding ortho intramolecular Hbond substituents is 1. The van der Waals surface area contributed by atoms with E-state index in [4.69, 9.17) is 9.47 Å². The highest BCUT2D eigenvalue weighted by atomic mass is 19.1.